The summed E-state index contributed by atoms with van der Waals surface area (Å²) in [5.41, 5.74) is 4.46. The lowest BCUT2D eigenvalue weighted by molar-refractivity contribution is -0.119. The molecule has 0 saturated heterocycles. The number of carbonyl (C=O) groups excluding carboxylic acids is 1. The molecule has 0 fully saturated rings. The average Bonchev–Trinajstić information content (AvgIpc) is 3.31. The lowest BCUT2D eigenvalue weighted by Gasteiger charge is -2.21. The minimum Gasteiger partial charge on any atom is -0.362 e. The van der Waals surface area contributed by atoms with Crippen LogP contribution in [0.1, 0.15) is 11.1 Å². The highest BCUT2D eigenvalue weighted by Crippen LogP contribution is 2.33. The summed E-state index contributed by atoms with van der Waals surface area (Å²) in [5.74, 6) is -0.342. The third-order valence-electron chi connectivity index (χ3n) is 4.99. The van der Waals surface area contributed by atoms with Crippen molar-refractivity contribution < 1.29 is 18.0 Å². The number of benzene rings is 1. The van der Waals surface area contributed by atoms with E-state index < -0.39 is 12.7 Å². The first-order valence-corrected chi connectivity index (χ1v) is 9.65. The molecule has 31 heavy (non-hydrogen) atoms. The maximum absolute atomic E-state index is 12.7. The molecule has 0 bridgehead atoms. The lowest BCUT2D eigenvalue weighted by atomic mass is 10.0. The number of halogens is 3. The van der Waals surface area contributed by atoms with Gasteiger partial charge in [0.15, 0.2) is 0 Å². The number of rotatable bonds is 5. The van der Waals surface area contributed by atoms with Gasteiger partial charge in [-0.05, 0) is 47.9 Å². The Balaban J connectivity index is 1.45. The van der Waals surface area contributed by atoms with Gasteiger partial charge in [-0.3, -0.25) is 14.5 Å². The van der Waals surface area contributed by atoms with E-state index in [1.165, 1.54) is 11.0 Å². The fourth-order valence-electron chi connectivity index (χ4n) is 3.64. The molecule has 0 atom stereocenters. The van der Waals surface area contributed by atoms with Crippen LogP contribution in [0.5, 0.6) is 0 Å². The van der Waals surface area contributed by atoms with E-state index in [-0.39, 0.29) is 5.91 Å². The SMILES string of the molecule is Cn1cc(-c2ccncc2/C=C/C(=O)Nc2ccc3c(c2)CCN3CC(F)(F)F)cn1. The number of fused-ring (bicyclic) bond motifs is 1. The molecule has 4 rings (SSSR count). The van der Waals surface area contributed by atoms with Crippen LogP contribution in [0.2, 0.25) is 0 Å². The topological polar surface area (TPSA) is 63.1 Å². The minimum absolute atomic E-state index is 0.310. The Morgan fingerprint density at radius 2 is 2.10 bits per heavy atom. The fraction of sp³-hybridized carbons (Fsp3) is 0.227. The van der Waals surface area contributed by atoms with Crippen molar-refractivity contribution >= 4 is 23.4 Å². The molecule has 1 aromatic carbocycles. The zero-order valence-corrected chi connectivity index (χ0v) is 16.7. The van der Waals surface area contributed by atoms with Gasteiger partial charge >= 0.3 is 6.18 Å². The van der Waals surface area contributed by atoms with Crippen LogP contribution in [-0.2, 0) is 18.3 Å². The van der Waals surface area contributed by atoms with Gasteiger partial charge in [0.1, 0.15) is 6.54 Å². The third-order valence-corrected chi connectivity index (χ3v) is 4.99. The van der Waals surface area contributed by atoms with Crippen molar-refractivity contribution in [1.82, 2.24) is 14.8 Å². The van der Waals surface area contributed by atoms with Gasteiger partial charge in [0, 0.05) is 60.8 Å². The van der Waals surface area contributed by atoms with Gasteiger partial charge in [-0.1, -0.05) is 0 Å². The second kappa shape index (κ2) is 8.25. The first kappa shape index (κ1) is 20.6. The molecule has 1 aliphatic heterocycles. The van der Waals surface area contributed by atoms with E-state index in [0.717, 1.165) is 22.3 Å². The van der Waals surface area contributed by atoms with Gasteiger partial charge in [0.2, 0.25) is 5.91 Å². The Kier molecular flexibility index (Phi) is 5.50. The number of amides is 1. The molecule has 0 radical (unpaired) electrons. The van der Waals surface area contributed by atoms with Crippen molar-refractivity contribution in [2.24, 2.45) is 7.05 Å². The minimum atomic E-state index is -4.25. The van der Waals surface area contributed by atoms with Gasteiger partial charge in [0.25, 0.3) is 0 Å². The van der Waals surface area contributed by atoms with E-state index in [1.807, 2.05) is 19.3 Å². The van der Waals surface area contributed by atoms with Crippen molar-refractivity contribution in [3.05, 3.63) is 66.3 Å². The van der Waals surface area contributed by atoms with Crippen LogP contribution in [0.4, 0.5) is 24.5 Å². The number of anilines is 2. The van der Waals surface area contributed by atoms with Crippen LogP contribution in [-0.4, -0.2) is 39.9 Å². The normalized spacial score (nSPS) is 13.6. The van der Waals surface area contributed by atoms with E-state index in [9.17, 15) is 18.0 Å². The summed E-state index contributed by atoms with van der Waals surface area (Å²) in [6, 6.07) is 6.81. The molecule has 1 aliphatic rings. The number of pyridine rings is 1. The smallest absolute Gasteiger partial charge is 0.362 e. The van der Waals surface area contributed by atoms with Crippen molar-refractivity contribution in [3.63, 3.8) is 0 Å². The molecular weight excluding hydrogens is 407 g/mol. The van der Waals surface area contributed by atoms with Crippen LogP contribution in [0.3, 0.4) is 0 Å². The Hall–Kier alpha value is -3.62. The molecule has 6 nitrogen and oxygen atoms in total. The molecule has 0 saturated carbocycles. The highest BCUT2D eigenvalue weighted by atomic mass is 19.4. The van der Waals surface area contributed by atoms with Crippen LogP contribution < -0.4 is 10.2 Å². The molecule has 160 valence electrons. The molecule has 3 heterocycles. The zero-order chi connectivity index (χ0) is 22.0. The van der Waals surface area contributed by atoms with Crippen LogP contribution >= 0.6 is 0 Å². The molecule has 9 heteroatoms. The van der Waals surface area contributed by atoms with Crippen LogP contribution in [0.15, 0.2) is 55.1 Å². The Morgan fingerprint density at radius 1 is 1.26 bits per heavy atom. The summed E-state index contributed by atoms with van der Waals surface area (Å²) in [6.45, 7) is -0.664. The van der Waals surface area contributed by atoms with Gasteiger partial charge in [-0.25, -0.2) is 0 Å². The number of nitrogens with one attached hydrogen (secondary N) is 1. The van der Waals surface area contributed by atoms with E-state index in [0.29, 0.717) is 24.3 Å². The highest BCUT2D eigenvalue weighted by molar-refractivity contribution is 6.02. The van der Waals surface area contributed by atoms with E-state index in [1.54, 1.807) is 47.5 Å². The zero-order valence-electron chi connectivity index (χ0n) is 16.7. The average molecular weight is 427 g/mol. The molecule has 3 aromatic rings. The highest BCUT2D eigenvalue weighted by Gasteiger charge is 2.33. The largest absolute Gasteiger partial charge is 0.405 e. The second-order valence-corrected chi connectivity index (χ2v) is 7.32. The van der Waals surface area contributed by atoms with Gasteiger partial charge in [0.05, 0.1) is 6.20 Å². The van der Waals surface area contributed by atoms with Crippen molar-refractivity contribution in [3.8, 4) is 11.1 Å². The second-order valence-electron chi connectivity index (χ2n) is 7.32. The molecule has 0 spiro atoms. The van der Waals surface area contributed by atoms with Crippen molar-refractivity contribution in [2.45, 2.75) is 12.6 Å². The maximum Gasteiger partial charge on any atom is 0.405 e. The monoisotopic (exact) mass is 427 g/mol. The van der Waals surface area contributed by atoms with Crippen molar-refractivity contribution in [1.29, 1.82) is 0 Å². The number of alkyl halides is 3. The summed E-state index contributed by atoms with van der Waals surface area (Å²) in [7, 11) is 1.83. The van der Waals surface area contributed by atoms with Crippen molar-refractivity contribution in [2.75, 3.05) is 23.3 Å². The third kappa shape index (κ3) is 4.93. The fourth-order valence-corrected chi connectivity index (χ4v) is 3.64. The predicted molar refractivity (Wildman–Crippen MR) is 113 cm³/mol. The van der Waals surface area contributed by atoms with E-state index >= 15 is 0 Å². The number of aromatic nitrogens is 3. The molecule has 1 N–H and O–H groups in total. The summed E-state index contributed by atoms with van der Waals surface area (Å²) < 4.78 is 39.8. The lowest BCUT2D eigenvalue weighted by Crippen LogP contribution is -2.32. The molecule has 2 aromatic heterocycles. The molecule has 0 aliphatic carbocycles. The number of aryl methyl sites for hydroxylation is 1. The van der Waals surface area contributed by atoms with Crippen LogP contribution in [0.25, 0.3) is 17.2 Å². The summed E-state index contributed by atoms with van der Waals surface area (Å²) in [5, 5.41) is 6.93. The van der Waals surface area contributed by atoms with E-state index in [4.69, 9.17) is 0 Å². The summed E-state index contributed by atoms with van der Waals surface area (Å²) in [4.78, 5) is 17.8. The van der Waals surface area contributed by atoms with Crippen LogP contribution in [0, 0.1) is 0 Å². The number of hydrogen-bond donors (Lipinski definition) is 1. The molecule has 1 amide bonds. The van der Waals surface area contributed by atoms with Gasteiger partial charge in [-0.2, -0.15) is 18.3 Å². The number of nitrogens with zero attached hydrogens (tertiary/aromatic N) is 4. The maximum atomic E-state index is 12.7. The predicted octanol–water partition coefficient (Wildman–Crippen LogP) is 4.06. The standard InChI is InChI=1S/C22H20F3N5O/c1-29-13-17(12-27-29)19-6-8-26-11-16(19)2-5-21(31)28-18-3-4-20-15(10-18)7-9-30(20)14-22(23,24)25/h2-6,8,10-13H,7,9,14H2,1H3,(H,28,31)/b5-2+. The Bertz CT molecular complexity index is 1140. The Labute approximate surface area is 177 Å². The summed E-state index contributed by atoms with van der Waals surface area (Å²) >= 11 is 0. The summed E-state index contributed by atoms with van der Waals surface area (Å²) in [6.07, 6.45) is 6.28. The first-order chi connectivity index (χ1) is 14.8. The number of hydrogen-bond acceptors (Lipinski definition) is 4. The number of carbonyl (C=O) groups is 1. The van der Waals surface area contributed by atoms with E-state index in [2.05, 4.69) is 15.4 Å². The molecule has 0 unspecified atom stereocenters. The first-order valence-electron chi connectivity index (χ1n) is 9.65. The quantitative estimate of drug-likeness (QED) is 0.624. The molecular formula is C22H20F3N5O. The van der Waals surface area contributed by atoms with Gasteiger partial charge in [-0.15, -0.1) is 0 Å². The Morgan fingerprint density at radius 3 is 2.84 bits per heavy atom. The van der Waals surface area contributed by atoms with Gasteiger partial charge < -0.3 is 10.2 Å².